The van der Waals surface area contributed by atoms with Crippen LogP contribution in [0.5, 0.6) is 5.75 Å². The van der Waals surface area contributed by atoms with Crippen LogP contribution in [0.4, 0.5) is 0 Å². The van der Waals surface area contributed by atoms with Crippen LogP contribution in [-0.4, -0.2) is 61.2 Å². The largest absolute Gasteiger partial charge is 0.486 e. The summed E-state index contributed by atoms with van der Waals surface area (Å²) in [5.41, 5.74) is 7.14. The topological polar surface area (TPSA) is 78.6 Å². The number of nitrogens with two attached hydrogens (primary N) is 1. The zero-order valence-corrected chi connectivity index (χ0v) is 17.8. The first-order valence-corrected chi connectivity index (χ1v) is 11.1. The van der Waals surface area contributed by atoms with Gasteiger partial charge < -0.3 is 19.7 Å². The van der Waals surface area contributed by atoms with Crippen molar-refractivity contribution >= 4 is 11.8 Å². The Morgan fingerprint density at radius 1 is 1.00 bits per heavy atom. The average molecular weight is 424 g/mol. The second-order valence-corrected chi connectivity index (χ2v) is 8.88. The number of benzene rings is 2. The van der Waals surface area contributed by atoms with Gasteiger partial charge in [-0.2, -0.15) is 0 Å². The van der Waals surface area contributed by atoms with Crippen molar-refractivity contribution in [2.75, 3.05) is 32.8 Å². The minimum atomic E-state index is -0.674. The fraction of sp³-hybridized carbons (Fsp3) is 0.440. The number of fused-ring (bicyclic) bond motifs is 3. The van der Waals surface area contributed by atoms with Gasteiger partial charge in [0.25, 0.3) is 0 Å². The van der Waals surface area contributed by atoms with Gasteiger partial charge in [0, 0.05) is 18.8 Å². The number of ketones is 1. The van der Waals surface area contributed by atoms with Crippen molar-refractivity contribution in [2.45, 2.75) is 31.4 Å². The van der Waals surface area contributed by atoms with Crippen molar-refractivity contribution in [3.8, 4) is 5.75 Å². The maximum absolute atomic E-state index is 12.6. The molecule has 0 aliphatic carbocycles. The molecule has 0 spiro atoms. The van der Waals surface area contributed by atoms with Crippen LogP contribution in [0.1, 0.15) is 18.4 Å². The molecule has 2 aromatic rings. The van der Waals surface area contributed by atoms with Gasteiger partial charge in [0.05, 0.1) is 13.1 Å². The lowest BCUT2D eigenvalue weighted by atomic mass is 9.83. The molecule has 2 atom stereocenters. The van der Waals surface area contributed by atoms with E-state index >= 15 is 0 Å². The van der Waals surface area contributed by atoms with Crippen LogP contribution in [-0.2, 0) is 20.7 Å². The third kappa shape index (κ3) is 5.51. The molecule has 2 aromatic carbocycles. The predicted octanol–water partition coefficient (Wildman–Crippen LogP) is 2.36. The molecule has 3 aliphatic heterocycles. The Labute approximate surface area is 183 Å². The summed E-state index contributed by atoms with van der Waals surface area (Å²) in [6.45, 7) is 3.08. The number of nitrogens with zero attached hydrogens (tertiary/aromatic N) is 1. The van der Waals surface area contributed by atoms with E-state index in [1.807, 2.05) is 60.7 Å². The molecule has 0 radical (unpaired) electrons. The van der Waals surface area contributed by atoms with Gasteiger partial charge in [-0.15, -0.1) is 0 Å². The summed E-state index contributed by atoms with van der Waals surface area (Å²) in [6, 6.07) is 18.5. The summed E-state index contributed by atoms with van der Waals surface area (Å²) in [7, 11) is 0. The smallest absolute Gasteiger partial charge is 0.323 e. The Balaban J connectivity index is 1.30. The highest BCUT2D eigenvalue weighted by Crippen LogP contribution is 2.35. The lowest BCUT2D eigenvalue weighted by molar-refractivity contribution is -0.939. The molecule has 31 heavy (non-hydrogen) atoms. The molecular weight excluding hydrogens is 392 g/mol. The van der Waals surface area contributed by atoms with Crippen LogP contribution in [0.25, 0.3) is 0 Å². The maximum atomic E-state index is 12.6. The lowest BCUT2D eigenvalue weighted by Gasteiger charge is -2.51. The molecule has 3 fully saturated rings. The third-order valence-electron chi connectivity index (χ3n) is 6.57. The average Bonchev–Trinajstić information content (AvgIpc) is 2.79. The van der Waals surface area contributed by atoms with Crippen LogP contribution in [0.2, 0.25) is 0 Å². The molecule has 3 heterocycles. The number of esters is 1. The molecule has 0 saturated carbocycles. The normalized spacial score (nSPS) is 25.6. The number of rotatable bonds is 9. The number of hydrogen-bond donors (Lipinski definition) is 1. The number of para-hydroxylation sites is 1. The highest BCUT2D eigenvalue weighted by Gasteiger charge is 2.48. The highest BCUT2D eigenvalue weighted by atomic mass is 16.5. The minimum Gasteiger partial charge on any atom is -0.486 e. The summed E-state index contributed by atoms with van der Waals surface area (Å²) in [4.78, 5) is 25.3. The standard InChI is InChI=1S/C25H31N2O4/c26-23(15-19-7-3-1-4-8-19)25(29)31-24-17-27(13-11-20(24)12-14-27)16-21(28)18-30-22-9-5-2-6-10-22/h1-10,20,23-24H,11-18,26H2/q+1/t20?,23-,24-,27?/m0/s1. The first-order chi connectivity index (χ1) is 15.0. The van der Waals surface area contributed by atoms with E-state index in [0.29, 0.717) is 35.7 Å². The van der Waals surface area contributed by atoms with Gasteiger partial charge in [0.15, 0.2) is 12.7 Å². The number of ether oxygens (including phenoxy) is 2. The van der Waals surface area contributed by atoms with E-state index in [1.165, 1.54) is 0 Å². The van der Waals surface area contributed by atoms with Crippen molar-refractivity contribution < 1.29 is 23.5 Å². The third-order valence-corrected chi connectivity index (χ3v) is 6.57. The molecule has 6 nitrogen and oxygen atoms in total. The van der Waals surface area contributed by atoms with E-state index in [9.17, 15) is 9.59 Å². The van der Waals surface area contributed by atoms with Gasteiger partial charge in [-0.3, -0.25) is 9.59 Å². The molecule has 0 amide bonds. The Bertz CT molecular complexity index is 879. The molecule has 0 aromatic heterocycles. The molecule has 5 rings (SSSR count). The Hall–Kier alpha value is -2.70. The lowest BCUT2D eigenvalue weighted by Crippen LogP contribution is -2.66. The molecule has 3 saturated heterocycles. The van der Waals surface area contributed by atoms with Crippen LogP contribution >= 0.6 is 0 Å². The van der Waals surface area contributed by atoms with Crippen molar-refractivity contribution in [3.05, 3.63) is 66.2 Å². The van der Waals surface area contributed by atoms with E-state index in [-0.39, 0.29) is 24.5 Å². The van der Waals surface area contributed by atoms with E-state index in [0.717, 1.165) is 31.5 Å². The fourth-order valence-corrected chi connectivity index (χ4v) is 4.87. The molecule has 6 heteroatoms. The Morgan fingerprint density at radius 3 is 2.32 bits per heavy atom. The van der Waals surface area contributed by atoms with Gasteiger partial charge in [-0.05, 0) is 24.1 Å². The molecule has 3 aliphatic rings. The van der Waals surface area contributed by atoms with Crippen LogP contribution < -0.4 is 10.5 Å². The molecular formula is C25H31N2O4+. The number of piperidine rings is 3. The minimum absolute atomic E-state index is 0.0693. The molecule has 2 bridgehead atoms. The van der Waals surface area contributed by atoms with Gasteiger partial charge in [0.1, 0.15) is 24.9 Å². The zero-order chi connectivity index (χ0) is 21.7. The summed E-state index contributed by atoms with van der Waals surface area (Å²) in [6.07, 6.45) is 2.24. The Morgan fingerprint density at radius 2 is 1.65 bits per heavy atom. The predicted molar refractivity (Wildman–Crippen MR) is 117 cm³/mol. The zero-order valence-electron chi connectivity index (χ0n) is 17.8. The van der Waals surface area contributed by atoms with Crippen molar-refractivity contribution in [2.24, 2.45) is 11.7 Å². The molecule has 164 valence electrons. The van der Waals surface area contributed by atoms with Gasteiger partial charge in [-0.25, -0.2) is 0 Å². The molecule has 0 unspecified atom stereocenters. The number of quaternary nitrogens is 1. The number of Topliss-reactive ketones (excluding diaryl/α,β-unsaturated/α-hetero) is 1. The summed E-state index contributed by atoms with van der Waals surface area (Å²) in [5, 5.41) is 0. The summed E-state index contributed by atoms with van der Waals surface area (Å²) < 4.78 is 12.2. The number of carbonyl (C=O) groups excluding carboxylic acids is 2. The van der Waals surface area contributed by atoms with E-state index in [1.54, 1.807) is 0 Å². The number of hydrogen-bond acceptors (Lipinski definition) is 5. The van der Waals surface area contributed by atoms with Crippen LogP contribution in [0.3, 0.4) is 0 Å². The van der Waals surface area contributed by atoms with Crippen molar-refractivity contribution in [3.63, 3.8) is 0 Å². The van der Waals surface area contributed by atoms with Gasteiger partial charge >= 0.3 is 5.97 Å². The summed E-state index contributed by atoms with van der Waals surface area (Å²) >= 11 is 0. The van der Waals surface area contributed by atoms with Gasteiger partial charge in [-0.1, -0.05) is 48.5 Å². The van der Waals surface area contributed by atoms with Crippen LogP contribution in [0.15, 0.2) is 60.7 Å². The second kappa shape index (κ2) is 9.62. The van der Waals surface area contributed by atoms with E-state index in [2.05, 4.69) is 0 Å². The first-order valence-electron chi connectivity index (χ1n) is 11.1. The SMILES string of the molecule is N[C@@H](Cc1ccccc1)C(=O)O[C@H]1C[N+]2(CC(=O)COc3ccccc3)CCC1CC2. The molecule has 2 N–H and O–H groups in total. The van der Waals surface area contributed by atoms with Gasteiger partial charge in [0.2, 0.25) is 5.78 Å². The maximum Gasteiger partial charge on any atom is 0.323 e. The summed E-state index contributed by atoms with van der Waals surface area (Å²) in [5.74, 6) is 0.797. The quantitative estimate of drug-likeness (QED) is 0.495. The van der Waals surface area contributed by atoms with Crippen molar-refractivity contribution in [1.82, 2.24) is 0 Å². The Kier molecular flexibility index (Phi) is 6.68. The monoisotopic (exact) mass is 423 g/mol. The first kappa shape index (κ1) is 21.5. The van der Waals surface area contributed by atoms with Crippen molar-refractivity contribution in [1.29, 1.82) is 0 Å². The van der Waals surface area contributed by atoms with E-state index < -0.39 is 6.04 Å². The highest BCUT2D eigenvalue weighted by molar-refractivity contribution is 5.81. The second-order valence-electron chi connectivity index (χ2n) is 8.88. The van der Waals surface area contributed by atoms with Crippen LogP contribution in [0, 0.1) is 5.92 Å². The fourth-order valence-electron chi connectivity index (χ4n) is 4.87. The van der Waals surface area contributed by atoms with E-state index in [4.69, 9.17) is 15.2 Å². The number of carbonyl (C=O) groups is 2.